The number of carboxylic acids is 2. The number of alkyl halides is 3. The van der Waals surface area contributed by atoms with Crippen molar-refractivity contribution in [2.75, 3.05) is 25.0 Å². The lowest BCUT2D eigenvalue weighted by Crippen LogP contribution is -2.31. The minimum absolute atomic E-state index is 0.0314. The molecule has 0 aliphatic carbocycles. The Kier molecular flexibility index (Phi) is 12.1. The number of rotatable bonds is 12. The number of aromatic nitrogens is 1. The number of aliphatic carboxylic acids is 2. The van der Waals surface area contributed by atoms with Crippen LogP contribution in [0.5, 0.6) is 5.75 Å². The third-order valence-electron chi connectivity index (χ3n) is 4.77. The number of carbonyl (C=O) groups is 3. The molecule has 0 aliphatic heterocycles. The molecule has 0 fully saturated rings. The number of hydrogen-bond donors (Lipinski definition) is 3. The van der Waals surface area contributed by atoms with Crippen molar-refractivity contribution in [2.24, 2.45) is 0 Å². The Morgan fingerprint density at radius 3 is 2.38 bits per heavy atom. The van der Waals surface area contributed by atoms with Gasteiger partial charge in [0.1, 0.15) is 18.1 Å². The van der Waals surface area contributed by atoms with Crippen molar-refractivity contribution in [3.63, 3.8) is 0 Å². The van der Waals surface area contributed by atoms with Gasteiger partial charge in [-0.05, 0) is 48.9 Å². The van der Waals surface area contributed by atoms with Gasteiger partial charge in [0.2, 0.25) is 0 Å². The normalized spacial score (nSPS) is 10.7. The van der Waals surface area contributed by atoms with Gasteiger partial charge in [-0.1, -0.05) is 11.6 Å². The molecule has 2 aromatic heterocycles. The number of amides is 1. The average molecular weight is 572 g/mol. The van der Waals surface area contributed by atoms with E-state index in [0.29, 0.717) is 41.7 Å². The van der Waals surface area contributed by atoms with E-state index in [1.807, 2.05) is 12.1 Å². The number of carboxylic acid groups (broad SMARTS) is 2. The second kappa shape index (κ2) is 15.2. The van der Waals surface area contributed by atoms with Gasteiger partial charge in [-0.3, -0.25) is 14.6 Å². The number of halogens is 4. The molecule has 0 radical (unpaired) electrons. The summed E-state index contributed by atoms with van der Waals surface area (Å²) < 4.78 is 42.9. The van der Waals surface area contributed by atoms with Crippen LogP contribution in [-0.2, 0) is 16.1 Å². The predicted octanol–water partition coefficient (Wildman–Crippen LogP) is 4.96. The molecule has 3 N–H and O–H groups in total. The fraction of sp³-hybridized carbons (Fsp3) is 0.280. The summed E-state index contributed by atoms with van der Waals surface area (Å²) in [6.07, 6.45) is 0.134. The molecule has 0 saturated carbocycles. The molecular formula is C25H25ClF3N3O7. The Bertz CT molecular complexity index is 1210. The summed E-state index contributed by atoms with van der Waals surface area (Å²) in [6, 6.07) is 12.1. The highest BCUT2D eigenvalue weighted by atomic mass is 35.5. The van der Waals surface area contributed by atoms with Gasteiger partial charge in [-0.25, -0.2) is 4.79 Å². The number of nitrogens with zero attached hydrogens (tertiary/aromatic N) is 2. The van der Waals surface area contributed by atoms with Crippen molar-refractivity contribution in [3.8, 4) is 5.75 Å². The molecule has 39 heavy (non-hydrogen) atoms. The Morgan fingerprint density at radius 2 is 1.79 bits per heavy atom. The first kappa shape index (κ1) is 31.0. The van der Waals surface area contributed by atoms with Crippen molar-refractivity contribution < 1.29 is 46.9 Å². The first-order chi connectivity index (χ1) is 18.5. The van der Waals surface area contributed by atoms with Crippen molar-refractivity contribution in [2.45, 2.75) is 25.6 Å². The Labute approximate surface area is 226 Å². The number of ether oxygens (including phenoxy) is 1. The number of nitrogens with one attached hydrogen (secondary N) is 1. The maximum absolute atomic E-state index is 13.2. The third-order valence-corrected chi connectivity index (χ3v) is 4.99. The second-order valence-electron chi connectivity index (χ2n) is 7.79. The van der Waals surface area contributed by atoms with Crippen LogP contribution in [0.2, 0.25) is 5.02 Å². The van der Waals surface area contributed by atoms with Gasteiger partial charge in [0.25, 0.3) is 5.91 Å². The number of pyridine rings is 1. The molecule has 0 spiro atoms. The number of furan rings is 1. The number of benzene rings is 1. The highest BCUT2D eigenvalue weighted by Gasteiger charge is 2.38. The van der Waals surface area contributed by atoms with Crippen molar-refractivity contribution in [1.82, 2.24) is 9.88 Å². The lowest BCUT2D eigenvalue weighted by Gasteiger charge is -2.22. The molecule has 0 atom stereocenters. The van der Waals surface area contributed by atoms with Crippen molar-refractivity contribution in [3.05, 3.63) is 77.5 Å². The van der Waals surface area contributed by atoms with Gasteiger partial charge in [-0.15, -0.1) is 0 Å². The van der Waals surface area contributed by atoms with Crippen molar-refractivity contribution in [1.29, 1.82) is 0 Å². The predicted molar refractivity (Wildman–Crippen MR) is 134 cm³/mol. The zero-order chi connectivity index (χ0) is 28.8. The Hall–Kier alpha value is -4.26. The minimum Gasteiger partial charge on any atom is -0.492 e. The van der Waals surface area contributed by atoms with Gasteiger partial charge in [0.15, 0.2) is 0 Å². The van der Waals surface area contributed by atoms with E-state index in [0.717, 1.165) is 5.69 Å². The monoisotopic (exact) mass is 571 g/mol. The summed E-state index contributed by atoms with van der Waals surface area (Å²) in [7, 11) is 0. The van der Waals surface area contributed by atoms with Gasteiger partial charge in [0, 0.05) is 48.2 Å². The summed E-state index contributed by atoms with van der Waals surface area (Å²) in [5, 5.41) is 19.6. The molecule has 3 aromatic rings. The number of anilines is 1. The SMILES string of the molecule is O=C(O)C(F)(F)F.O=C(O)CCCN(Cc1ccco1)C(=O)c1cc(Cl)cc(OCCNc2ccncc2)c1. The van der Waals surface area contributed by atoms with E-state index in [2.05, 4.69) is 10.3 Å². The molecule has 0 bridgehead atoms. The van der Waals surface area contributed by atoms with E-state index in [4.69, 9.17) is 35.8 Å². The van der Waals surface area contributed by atoms with Crippen LogP contribution in [0.1, 0.15) is 29.0 Å². The molecule has 14 heteroatoms. The van der Waals surface area contributed by atoms with Crippen LogP contribution in [0.3, 0.4) is 0 Å². The van der Waals surface area contributed by atoms with Crippen molar-refractivity contribution >= 4 is 35.1 Å². The lowest BCUT2D eigenvalue weighted by atomic mass is 10.1. The highest BCUT2D eigenvalue weighted by Crippen LogP contribution is 2.23. The van der Waals surface area contributed by atoms with Gasteiger partial charge in [-0.2, -0.15) is 13.2 Å². The van der Waals surface area contributed by atoms with E-state index in [9.17, 15) is 22.8 Å². The maximum Gasteiger partial charge on any atom is 0.490 e. The molecule has 210 valence electrons. The zero-order valence-electron chi connectivity index (χ0n) is 20.4. The molecule has 0 saturated heterocycles. The van der Waals surface area contributed by atoms with Gasteiger partial charge < -0.3 is 29.6 Å². The highest BCUT2D eigenvalue weighted by molar-refractivity contribution is 6.31. The first-order valence-corrected chi connectivity index (χ1v) is 11.7. The number of carbonyl (C=O) groups excluding carboxylic acids is 1. The smallest absolute Gasteiger partial charge is 0.490 e. The molecule has 1 aromatic carbocycles. The quantitative estimate of drug-likeness (QED) is 0.257. The maximum atomic E-state index is 13.2. The molecule has 1 amide bonds. The number of hydrogen-bond acceptors (Lipinski definition) is 7. The summed E-state index contributed by atoms with van der Waals surface area (Å²) >= 11 is 6.23. The van der Waals surface area contributed by atoms with Crippen LogP contribution in [0, 0.1) is 0 Å². The van der Waals surface area contributed by atoms with E-state index in [-0.39, 0.29) is 25.4 Å². The standard InChI is InChI=1S/C23H24ClN3O5.C2HF3O2/c24-18-13-17(14-21(15-18)32-12-9-26-19-5-7-25-8-6-19)23(30)27(10-1-4-22(28)29)16-20-3-2-11-31-20;3-2(4,5)1(6)7/h2-3,5-8,11,13-15H,1,4,9-10,12,16H2,(H,25,26)(H,28,29);(H,6,7). The lowest BCUT2D eigenvalue weighted by molar-refractivity contribution is -0.192. The molecule has 0 unspecified atom stereocenters. The van der Waals surface area contributed by atoms with E-state index >= 15 is 0 Å². The van der Waals surface area contributed by atoms with Gasteiger partial charge in [0.05, 0.1) is 12.8 Å². The Balaban J connectivity index is 0.000000673. The van der Waals surface area contributed by atoms with Gasteiger partial charge >= 0.3 is 18.1 Å². The fourth-order valence-electron chi connectivity index (χ4n) is 3.05. The van der Waals surface area contributed by atoms with Crippen LogP contribution < -0.4 is 10.1 Å². The van der Waals surface area contributed by atoms with E-state index in [1.54, 1.807) is 47.6 Å². The topological polar surface area (TPSA) is 142 Å². The summed E-state index contributed by atoms with van der Waals surface area (Å²) in [4.78, 5) is 38.5. The third kappa shape index (κ3) is 11.8. The summed E-state index contributed by atoms with van der Waals surface area (Å²) in [5.74, 6) is -2.87. The van der Waals surface area contributed by atoms with Crippen LogP contribution in [-0.4, -0.2) is 63.8 Å². The summed E-state index contributed by atoms with van der Waals surface area (Å²) in [5.41, 5.74) is 1.29. The van der Waals surface area contributed by atoms with Crippen LogP contribution in [0.15, 0.2) is 65.5 Å². The average Bonchev–Trinajstić information content (AvgIpc) is 3.39. The van der Waals surface area contributed by atoms with Crippen LogP contribution in [0.25, 0.3) is 0 Å². The minimum atomic E-state index is -5.08. The fourth-order valence-corrected chi connectivity index (χ4v) is 3.28. The molecule has 2 heterocycles. The molecular weight excluding hydrogens is 547 g/mol. The Morgan fingerprint density at radius 1 is 1.10 bits per heavy atom. The molecule has 0 aliphatic rings. The first-order valence-electron chi connectivity index (χ1n) is 11.4. The summed E-state index contributed by atoms with van der Waals surface area (Å²) in [6.45, 7) is 1.42. The van der Waals surface area contributed by atoms with Crippen LogP contribution in [0.4, 0.5) is 18.9 Å². The van der Waals surface area contributed by atoms with E-state index < -0.39 is 18.1 Å². The largest absolute Gasteiger partial charge is 0.492 e. The second-order valence-corrected chi connectivity index (χ2v) is 8.23. The zero-order valence-corrected chi connectivity index (χ0v) is 21.1. The molecule has 3 rings (SSSR count). The van der Waals surface area contributed by atoms with E-state index in [1.165, 1.54) is 6.26 Å². The molecule has 10 nitrogen and oxygen atoms in total. The van der Waals surface area contributed by atoms with Crippen LogP contribution >= 0.6 is 11.6 Å².